The highest BCUT2D eigenvalue weighted by atomic mass is 19.4. The van der Waals surface area contributed by atoms with E-state index in [2.05, 4.69) is 5.32 Å². The van der Waals surface area contributed by atoms with Crippen LogP contribution in [0, 0.1) is 0 Å². The van der Waals surface area contributed by atoms with E-state index in [0.29, 0.717) is 0 Å². The molecule has 1 saturated heterocycles. The van der Waals surface area contributed by atoms with Gasteiger partial charge in [-0.1, -0.05) is 0 Å². The fourth-order valence-corrected chi connectivity index (χ4v) is 1.67. The molecule has 1 unspecified atom stereocenters. The number of hydrogen-bond acceptors (Lipinski definition) is 3. The maximum Gasteiger partial charge on any atom is 0.490 e. The third-order valence-corrected chi connectivity index (χ3v) is 2.79. The van der Waals surface area contributed by atoms with Gasteiger partial charge in [-0.15, -0.1) is 0 Å². The van der Waals surface area contributed by atoms with Gasteiger partial charge < -0.3 is 10.2 Å². The van der Waals surface area contributed by atoms with E-state index in [0.717, 1.165) is 12.8 Å². The summed E-state index contributed by atoms with van der Waals surface area (Å²) in [5.41, 5.74) is 0.267. The Hall–Kier alpha value is -1.31. The van der Waals surface area contributed by atoms with Crippen molar-refractivity contribution in [1.29, 1.82) is 0 Å². The van der Waals surface area contributed by atoms with Crippen molar-refractivity contribution >= 4 is 11.9 Å². The summed E-state index contributed by atoms with van der Waals surface area (Å²) in [4.78, 5) is 19.4. The van der Waals surface area contributed by atoms with Gasteiger partial charge >= 0.3 is 18.1 Å². The molecule has 98 valence electrons. The van der Waals surface area contributed by atoms with Gasteiger partial charge in [-0.2, -0.15) is 13.2 Å². The molecule has 0 aromatic carbocycles. The van der Waals surface area contributed by atoms with Crippen molar-refractivity contribution in [2.75, 3.05) is 0 Å². The second-order valence-corrected chi connectivity index (χ2v) is 4.16. The van der Waals surface area contributed by atoms with Crippen LogP contribution in [0.2, 0.25) is 0 Å². The Kier molecular flexibility index (Phi) is 3.65. The van der Waals surface area contributed by atoms with Crippen LogP contribution in [-0.4, -0.2) is 39.9 Å². The van der Waals surface area contributed by atoms with Crippen molar-refractivity contribution in [2.45, 2.75) is 43.4 Å². The normalized spacial score (nSPS) is 25.0. The fourth-order valence-electron chi connectivity index (χ4n) is 1.67. The predicted molar refractivity (Wildman–Crippen MR) is 49.4 cm³/mol. The maximum atomic E-state index is 10.6. The number of rotatable bonds is 1. The lowest BCUT2D eigenvalue weighted by atomic mass is 10.2. The number of carboxylic acids is 2. The lowest BCUT2D eigenvalue weighted by molar-refractivity contribution is -0.192. The smallest absolute Gasteiger partial charge is 0.480 e. The van der Waals surface area contributed by atoms with Crippen LogP contribution in [0.5, 0.6) is 0 Å². The number of alkyl halides is 3. The first kappa shape index (κ1) is 13.8. The maximum absolute atomic E-state index is 10.6. The molecule has 1 spiro atoms. The van der Waals surface area contributed by atoms with Gasteiger partial charge in [-0.25, -0.2) is 4.79 Å². The van der Waals surface area contributed by atoms with Gasteiger partial charge in [-0.3, -0.25) is 10.1 Å². The summed E-state index contributed by atoms with van der Waals surface area (Å²) >= 11 is 0. The molecule has 5 nitrogen and oxygen atoms in total. The molecule has 1 aliphatic carbocycles. The van der Waals surface area contributed by atoms with Crippen LogP contribution < -0.4 is 5.32 Å². The largest absolute Gasteiger partial charge is 0.490 e. The third kappa shape index (κ3) is 3.88. The summed E-state index contributed by atoms with van der Waals surface area (Å²) in [6.07, 6.45) is -0.854. The first-order valence-corrected chi connectivity index (χ1v) is 4.97. The molecule has 1 saturated carbocycles. The lowest BCUT2D eigenvalue weighted by Crippen LogP contribution is -2.36. The molecule has 2 aliphatic rings. The number of nitrogens with one attached hydrogen (secondary N) is 1. The van der Waals surface area contributed by atoms with Gasteiger partial charge in [0, 0.05) is 5.54 Å². The van der Waals surface area contributed by atoms with Crippen LogP contribution in [-0.2, 0) is 9.59 Å². The minimum atomic E-state index is -5.08. The van der Waals surface area contributed by atoms with Crippen molar-refractivity contribution in [3.63, 3.8) is 0 Å². The van der Waals surface area contributed by atoms with Crippen molar-refractivity contribution in [2.24, 2.45) is 0 Å². The minimum Gasteiger partial charge on any atom is -0.480 e. The SMILES string of the molecule is O=C(O)C(F)(F)F.O=C(O)C1CCC2(CC2)N1. The minimum absolute atomic E-state index is 0.262. The Morgan fingerprint density at radius 1 is 1.18 bits per heavy atom. The van der Waals surface area contributed by atoms with E-state index in [1.54, 1.807) is 0 Å². The topological polar surface area (TPSA) is 86.6 Å². The summed E-state index contributed by atoms with van der Waals surface area (Å²) in [6.45, 7) is 0. The number of aliphatic carboxylic acids is 2. The van der Waals surface area contributed by atoms with Crippen LogP contribution in [0.15, 0.2) is 0 Å². The molecule has 3 N–H and O–H groups in total. The Morgan fingerprint density at radius 2 is 1.65 bits per heavy atom. The molecule has 0 aromatic heterocycles. The van der Waals surface area contributed by atoms with Crippen LogP contribution >= 0.6 is 0 Å². The first-order chi connectivity index (χ1) is 7.66. The summed E-state index contributed by atoms with van der Waals surface area (Å²) in [6, 6.07) is -0.262. The van der Waals surface area contributed by atoms with Crippen LogP contribution in [0.3, 0.4) is 0 Å². The number of hydrogen-bond donors (Lipinski definition) is 3. The third-order valence-electron chi connectivity index (χ3n) is 2.79. The quantitative estimate of drug-likeness (QED) is 0.650. The molecular formula is C9H12F3NO4. The zero-order chi connectivity index (χ0) is 13.3. The highest BCUT2D eigenvalue weighted by molar-refractivity contribution is 5.74. The van der Waals surface area contributed by atoms with E-state index >= 15 is 0 Å². The lowest BCUT2D eigenvalue weighted by Gasteiger charge is -2.07. The van der Waals surface area contributed by atoms with Crippen LogP contribution in [0.1, 0.15) is 25.7 Å². The second kappa shape index (κ2) is 4.52. The summed E-state index contributed by atoms with van der Waals surface area (Å²) in [5, 5.41) is 18.9. The van der Waals surface area contributed by atoms with E-state index in [1.165, 1.54) is 12.8 Å². The first-order valence-electron chi connectivity index (χ1n) is 4.97. The Balaban J connectivity index is 0.000000185. The zero-order valence-electron chi connectivity index (χ0n) is 8.75. The Labute approximate surface area is 94.6 Å². The average molecular weight is 255 g/mol. The molecule has 1 heterocycles. The van der Waals surface area contributed by atoms with Gasteiger partial charge in [0.15, 0.2) is 0 Å². The number of carbonyl (C=O) groups is 2. The van der Waals surface area contributed by atoms with Crippen molar-refractivity contribution in [3.05, 3.63) is 0 Å². The molecule has 0 bridgehead atoms. The second-order valence-electron chi connectivity index (χ2n) is 4.16. The van der Waals surface area contributed by atoms with Gasteiger partial charge in [-0.05, 0) is 25.7 Å². The molecular weight excluding hydrogens is 243 g/mol. The van der Waals surface area contributed by atoms with Gasteiger partial charge in [0.25, 0.3) is 0 Å². The van der Waals surface area contributed by atoms with Crippen molar-refractivity contribution in [1.82, 2.24) is 5.32 Å². The van der Waals surface area contributed by atoms with Crippen LogP contribution in [0.4, 0.5) is 13.2 Å². The van der Waals surface area contributed by atoms with E-state index in [-0.39, 0.29) is 11.6 Å². The Morgan fingerprint density at radius 3 is 1.82 bits per heavy atom. The molecule has 2 rings (SSSR count). The number of carboxylic acid groups (broad SMARTS) is 2. The van der Waals surface area contributed by atoms with Gasteiger partial charge in [0.2, 0.25) is 0 Å². The molecule has 2 fully saturated rings. The van der Waals surface area contributed by atoms with E-state index in [9.17, 15) is 18.0 Å². The zero-order valence-corrected chi connectivity index (χ0v) is 8.75. The molecule has 1 aliphatic heterocycles. The highest BCUT2D eigenvalue weighted by Crippen LogP contribution is 2.44. The molecule has 1 atom stereocenters. The molecule has 0 aromatic rings. The molecule has 0 radical (unpaired) electrons. The van der Waals surface area contributed by atoms with E-state index in [4.69, 9.17) is 15.0 Å². The summed E-state index contributed by atoms with van der Waals surface area (Å²) in [7, 11) is 0. The average Bonchev–Trinajstić information content (AvgIpc) is 2.74. The standard InChI is InChI=1S/C7H11NO2.C2HF3O2/c9-6(10)5-1-2-7(8-5)3-4-7;3-2(4,5)1(6)7/h5,8H,1-4H2,(H,9,10);(H,6,7). The van der Waals surface area contributed by atoms with Crippen molar-refractivity contribution < 1.29 is 33.0 Å². The number of halogens is 3. The van der Waals surface area contributed by atoms with Crippen LogP contribution in [0.25, 0.3) is 0 Å². The summed E-state index contributed by atoms with van der Waals surface area (Å²) < 4.78 is 31.7. The Bertz CT molecular complexity index is 325. The monoisotopic (exact) mass is 255 g/mol. The summed E-state index contributed by atoms with van der Waals surface area (Å²) in [5.74, 6) is -3.45. The predicted octanol–water partition coefficient (Wildman–Crippen LogP) is 0.989. The van der Waals surface area contributed by atoms with Crippen molar-refractivity contribution in [3.8, 4) is 0 Å². The highest BCUT2D eigenvalue weighted by Gasteiger charge is 2.49. The van der Waals surface area contributed by atoms with Gasteiger partial charge in [0.1, 0.15) is 6.04 Å². The van der Waals surface area contributed by atoms with E-state index < -0.39 is 18.1 Å². The molecule has 8 heteroatoms. The molecule has 17 heavy (non-hydrogen) atoms. The molecule has 0 amide bonds. The van der Waals surface area contributed by atoms with Gasteiger partial charge in [0.05, 0.1) is 0 Å². The fraction of sp³-hybridized carbons (Fsp3) is 0.778. The van der Waals surface area contributed by atoms with E-state index in [1.807, 2.05) is 0 Å².